The van der Waals surface area contributed by atoms with Crippen LogP contribution in [0.5, 0.6) is 5.75 Å². The van der Waals surface area contributed by atoms with Gasteiger partial charge in [-0.2, -0.15) is 0 Å². The zero-order valence-corrected chi connectivity index (χ0v) is 16.0. The van der Waals surface area contributed by atoms with Gasteiger partial charge in [0, 0.05) is 39.3 Å². The lowest BCUT2D eigenvalue weighted by Crippen LogP contribution is -2.52. The standard InChI is InChI=1S/C21H25FN4O2/c1-15-2-3-16(12-18(15)22)14-26-7-6-19(21(26)28)24-8-10-25(11-9-24)20-5-4-17(27)13-23-20/h2-5,12-13,19,27H,6-11,14H2,1H3/t19-/m0/s1. The van der Waals surface area contributed by atoms with Crippen molar-refractivity contribution < 1.29 is 14.3 Å². The lowest BCUT2D eigenvalue weighted by Gasteiger charge is -2.37. The molecule has 6 nitrogen and oxygen atoms in total. The number of likely N-dealkylation sites (tertiary alicyclic amines) is 1. The topological polar surface area (TPSA) is 59.9 Å². The average Bonchev–Trinajstić information content (AvgIpc) is 3.06. The molecule has 4 rings (SSSR count). The van der Waals surface area contributed by atoms with E-state index in [9.17, 15) is 14.3 Å². The van der Waals surface area contributed by atoms with Crippen LogP contribution in [-0.4, -0.2) is 64.6 Å². The summed E-state index contributed by atoms with van der Waals surface area (Å²) in [6.07, 6.45) is 2.26. The third kappa shape index (κ3) is 3.80. The number of aromatic nitrogens is 1. The van der Waals surface area contributed by atoms with Crippen molar-refractivity contribution in [3.63, 3.8) is 0 Å². The summed E-state index contributed by atoms with van der Waals surface area (Å²) in [5.74, 6) is 0.919. The lowest BCUT2D eigenvalue weighted by molar-refractivity contribution is -0.132. The zero-order valence-electron chi connectivity index (χ0n) is 16.0. The van der Waals surface area contributed by atoms with Crippen molar-refractivity contribution in [1.29, 1.82) is 0 Å². The number of aryl methyl sites for hydroxylation is 1. The highest BCUT2D eigenvalue weighted by molar-refractivity contribution is 5.84. The molecular weight excluding hydrogens is 359 g/mol. The normalized spacial score (nSPS) is 20.8. The Morgan fingerprint density at radius 1 is 1.14 bits per heavy atom. The van der Waals surface area contributed by atoms with E-state index in [-0.39, 0.29) is 23.5 Å². The van der Waals surface area contributed by atoms with E-state index in [1.165, 1.54) is 12.3 Å². The van der Waals surface area contributed by atoms with E-state index in [0.717, 1.165) is 44.0 Å². The smallest absolute Gasteiger partial charge is 0.240 e. The van der Waals surface area contributed by atoms with Crippen molar-refractivity contribution >= 4 is 11.7 Å². The predicted octanol–water partition coefficient (Wildman–Crippen LogP) is 2.16. The van der Waals surface area contributed by atoms with Gasteiger partial charge in [-0.1, -0.05) is 12.1 Å². The number of carbonyl (C=O) groups is 1. The Bertz CT molecular complexity index is 850. The molecule has 1 atom stereocenters. The molecule has 0 spiro atoms. The third-order valence-electron chi connectivity index (χ3n) is 5.69. The molecule has 2 saturated heterocycles. The van der Waals surface area contributed by atoms with E-state index >= 15 is 0 Å². The highest BCUT2D eigenvalue weighted by atomic mass is 19.1. The molecule has 28 heavy (non-hydrogen) atoms. The van der Waals surface area contributed by atoms with Gasteiger partial charge in [0.05, 0.1) is 12.2 Å². The second kappa shape index (κ2) is 7.75. The molecule has 148 valence electrons. The highest BCUT2D eigenvalue weighted by Crippen LogP contribution is 2.23. The summed E-state index contributed by atoms with van der Waals surface area (Å²) in [7, 11) is 0. The van der Waals surface area contributed by atoms with Crippen LogP contribution in [0.15, 0.2) is 36.5 Å². The molecule has 1 aromatic heterocycles. The minimum Gasteiger partial charge on any atom is -0.506 e. The van der Waals surface area contributed by atoms with Gasteiger partial charge in [0.2, 0.25) is 5.91 Å². The minimum atomic E-state index is -0.223. The van der Waals surface area contributed by atoms with Crippen LogP contribution >= 0.6 is 0 Å². The summed E-state index contributed by atoms with van der Waals surface area (Å²) in [6.45, 7) is 6.10. The lowest BCUT2D eigenvalue weighted by atomic mass is 10.1. The van der Waals surface area contributed by atoms with Crippen LogP contribution in [0, 0.1) is 12.7 Å². The van der Waals surface area contributed by atoms with Crippen LogP contribution in [-0.2, 0) is 11.3 Å². The Labute approximate surface area is 164 Å². The number of carbonyl (C=O) groups excluding carboxylic acids is 1. The number of rotatable bonds is 4. The SMILES string of the molecule is Cc1ccc(CN2CC[C@H](N3CCN(c4ccc(O)cn4)CC3)C2=O)cc1F. The third-order valence-corrected chi connectivity index (χ3v) is 5.69. The van der Waals surface area contributed by atoms with Gasteiger partial charge in [-0.25, -0.2) is 9.37 Å². The zero-order chi connectivity index (χ0) is 19.7. The van der Waals surface area contributed by atoms with E-state index in [1.54, 1.807) is 19.1 Å². The molecule has 1 aromatic carbocycles. The quantitative estimate of drug-likeness (QED) is 0.875. The minimum absolute atomic E-state index is 0.0924. The molecule has 1 N–H and O–H groups in total. The first-order chi connectivity index (χ1) is 13.5. The maximum Gasteiger partial charge on any atom is 0.240 e. The second-order valence-electron chi connectivity index (χ2n) is 7.55. The number of nitrogens with zero attached hydrogens (tertiary/aromatic N) is 4. The number of pyridine rings is 1. The average molecular weight is 384 g/mol. The number of benzene rings is 1. The number of amides is 1. The van der Waals surface area contributed by atoms with Gasteiger partial charge in [0.25, 0.3) is 0 Å². The Morgan fingerprint density at radius 2 is 1.93 bits per heavy atom. The molecule has 2 aliphatic heterocycles. The van der Waals surface area contributed by atoms with Crippen molar-refractivity contribution in [2.24, 2.45) is 0 Å². The molecule has 2 aliphatic rings. The van der Waals surface area contributed by atoms with Gasteiger partial charge in [0.15, 0.2) is 0 Å². The predicted molar refractivity (Wildman–Crippen MR) is 105 cm³/mol. The largest absolute Gasteiger partial charge is 0.506 e. The molecule has 0 unspecified atom stereocenters. The molecule has 0 bridgehead atoms. The maximum absolute atomic E-state index is 13.8. The summed E-state index contributed by atoms with van der Waals surface area (Å²) in [5.41, 5.74) is 1.45. The van der Waals surface area contributed by atoms with Crippen LogP contribution in [0.3, 0.4) is 0 Å². The van der Waals surface area contributed by atoms with Crippen molar-refractivity contribution in [3.8, 4) is 5.75 Å². The van der Waals surface area contributed by atoms with Gasteiger partial charge in [-0.05, 0) is 42.7 Å². The number of halogens is 1. The Balaban J connectivity index is 1.34. The fourth-order valence-corrected chi connectivity index (χ4v) is 4.00. The first kappa shape index (κ1) is 18.7. The number of hydrogen-bond donors (Lipinski definition) is 1. The van der Waals surface area contributed by atoms with Gasteiger partial charge in [-0.3, -0.25) is 9.69 Å². The Hall–Kier alpha value is -2.67. The fourth-order valence-electron chi connectivity index (χ4n) is 4.00. The molecule has 1 amide bonds. The van der Waals surface area contributed by atoms with Crippen molar-refractivity contribution in [1.82, 2.24) is 14.8 Å². The number of piperazine rings is 1. The molecule has 2 aromatic rings. The van der Waals surface area contributed by atoms with Gasteiger partial charge in [0.1, 0.15) is 17.4 Å². The first-order valence-electron chi connectivity index (χ1n) is 9.69. The van der Waals surface area contributed by atoms with Crippen LogP contribution in [0.25, 0.3) is 0 Å². The van der Waals surface area contributed by atoms with Gasteiger partial charge in [-0.15, -0.1) is 0 Å². The molecule has 0 aliphatic carbocycles. The van der Waals surface area contributed by atoms with E-state index < -0.39 is 0 Å². The Kier molecular flexibility index (Phi) is 5.17. The Morgan fingerprint density at radius 3 is 2.61 bits per heavy atom. The van der Waals surface area contributed by atoms with Gasteiger partial charge < -0.3 is 14.9 Å². The van der Waals surface area contributed by atoms with Crippen molar-refractivity contribution in [3.05, 3.63) is 53.5 Å². The van der Waals surface area contributed by atoms with Crippen LogP contribution in [0.2, 0.25) is 0 Å². The number of anilines is 1. The van der Waals surface area contributed by atoms with Crippen molar-refractivity contribution in [2.45, 2.75) is 25.9 Å². The van der Waals surface area contributed by atoms with Crippen LogP contribution in [0.1, 0.15) is 17.5 Å². The molecule has 0 saturated carbocycles. The second-order valence-corrected chi connectivity index (χ2v) is 7.55. The molecular formula is C21H25FN4O2. The number of hydrogen-bond acceptors (Lipinski definition) is 5. The summed E-state index contributed by atoms with van der Waals surface area (Å²) >= 11 is 0. The van der Waals surface area contributed by atoms with Crippen LogP contribution < -0.4 is 4.90 Å². The van der Waals surface area contributed by atoms with E-state index in [1.807, 2.05) is 17.0 Å². The summed E-state index contributed by atoms with van der Waals surface area (Å²) in [6, 6.07) is 8.54. The van der Waals surface area contributed by atoms with Gasteiger partial charge >= 0.3 is 0 Å². The fraction of sp³-hybridized carbons (Fsp3) is 0.429. The van der Waals surface area contributed by atoms with E-state index in [4.69, 9.17) is 0 Å². The summed E-state index contributed by atoms with van der Waals surface area (Å²) < 4.78 is 13.8. The monoisotopic (exact) mass is 384 g/mol. The molecule has 0 radical (unpaired) electrons. The van der Waals surface area contributed by atoms with E-state index in [2.05, 4.69) is 14.8 Å². The summed E-state index contributed by atoms with van der Waals surface area (Å²) in [5, 5.41) is 9.38. The van der Waals surface area contributed by atoms with Crippen LogP contribution in [0.4, 0.5) is 10.2 Å². The molecule has 7 heteroatoms. The maximum atomic E-state index is 13.8. The summed E-state index contributed by atoms with van der Waals surface area (Å²) in [4.78, 5) is 23.4. The molecule has 2 fully saturated rings. The highest BCUT2D eigenvalue weighted by Gasteiger charge is 2.37. The molecule has 3 heterocycles. The van der Waals surface area contributed by atoms with Crippen molar-refractivity contribution in [2.75, 3.05) is 37.6 Å². The number of aromatic hydroxyl groups is 1. The van der Waals surface area contributed by atoms with E-state index in [0.29, 0.717) is 18.7 Å². The first-order valence-corrected chi connectivity index (χ1v) is 9.69.